The zero-order valence-electron chi connectivity index (χ0n) is 7.76. The molecule has 1 aromatic carbocycles. The van der Waals surface area contributed by atoms with E-state index >= 15 is 0 Å². The monoisotopic (exact) mass is 235 g/mol. The normalized spacial score (nSPS) is 10.5. The number of carbonyl (C=O) groups is 1. The number of hydrogen-bond acceptors (Lipinski definition) is 3. The smallest absolute Gasteiger partial charge is 0.387 e. The highest BCUT2D eigenvalue weighted by Gasteiger charge is 2.16. The molecule has 0 saturated carbocycles. The summed E-state index contributed by atoms with van der Waals surface area (Å²) < 4.78 is 28.2. The molecule has 0 aromatic heterocycles. The van der Waals surface area contributed by atoms with Crippen molar-refractivity contribution in [3.63, 3.8) is 0 Å². The predicted octanol–water partition coefficient (Wildman–Crippen LogP) is 2.73. The van der Waals surface area contributed by atoms with E-state index in [2.05, 4.69) is 4.74 Å². The van der Waals surface area contributed by atoms with Crippen LogP contribution in [0.3, 0.4) is 0 Å². The maximum atomic E-state index is 12.0. The van der Waals surface area contributed by atoms with E-state index in [1.807, 2.05) is 0 Å². The topological polar surface area (TPSA) is 52.3 Å². The third kappa shape index (κ3) is 2.79. The standard InChI is InChI=1S/C9H8ClF2NO2/c1-4(14)8-6(13)2-5(10)3-7(8)15-9(11)12/h2-3,9H,13H2,1H3. The Bertz CT molecular complexity index is 396. The van der Waals surface area contributed by atoms with E-state index in [1.165, 1.54) is 13.0 Å². The number of halogens is 3. The van der Waals surface area contributed by atoms with Gasteiger partial charge in [0, 0.05) is 10.7 Å². The van der Waals surface area contributed by atoms with Gasteiger partial charge in [0.15, 0.2) is 5.78 Å². The molecular formula is C9H8ClF2NO2. The van der Waals surface area contributed by atoms with Crippen molar-refractivity contribution in [1.82, 2.24) is 0 Å². The van der Waals surface area contributed by atoms with Gasteiger partial charge in [-0.3, -0.25) is 4.79 Å². The fourth-order valence-corrected chi connectivity index (χ4v) is 1.38. The van der Waals surface area contributed by atoms with E-state index < -0.39 is 12.4 Å². The highest BCUT2D eigenvalue weighted by Crippen LogP contribution is 2.30. The molecule has 0 radical (unpaired) electrons. The zero-order valence-corrected chi connectivity index (χ0v) is 8.52. The van der Waals surface area contributed by atoms with Gasteiger partial charge in [0.25, 0.3) is 0 Å². The number of nitrogens with two attached hydrogens (primary N) is 1. The Morgan fingerprint density at radius 2 is 2.13 bits per heavy atom. The van der Waals surface area contributed by atoms with Gasteiger partial charge >= 0.3 is 6.61 Å². The minimum Gasteiger partial charge on any atom is -0.434 e. The number of benzene rings is 1. The molecule has 0 aliphatic carbocycles. The number of ketones is 1. The summed E-state index contributed by atoms with van der Waals surface area (Å²) in [7, 11) is 0. The zero-order chi connectivity index (χ0) is 11.6. The quantitative estimate of drug-likeness (QED) is 0.647. The third-order valence-corrected chi connectivity index (χ3v) is 1.88. The van der Waals surface area contributed by atoms with Gasteiger partial charge in [-0.05, 0) is 19.1 Å². The highest BCUT2D eigenvalue weighted by molar-refractivity contribution is 6.31. The summed E-state index contributed by atoms with van der Waals surface area (Å²) >= 11 is 5.59. The average Bonchev–Trinajstić information content (AvgIpc) is 1.99. The fraction of sp³-hybridized carbons (Fsp3) is 0.222. The SMILES string of the molecule is CC(=O)c1c(N)cc(Cl)cc1OC(F)F. The first kappa shape index (κ1) is 11.7. The molecule has 1 aromatic rings. The first-order chi connectivity index (χ1) is 6.91. The van der Waals surface area contributed by atoms with E-state index in [1.54, 1.807) is 0 Å². The number of carbonyl (C=O) groups excluding carboxylic acids is 1. The second-order valence-corrected chi connectivity index (χ2v) is 3.24. The summed E-state index contributed by atoms with van der Waals surface area (Å²) in [6.07, 6.45) is 0. The van der Waals surface area contributed by atoms with Crippen molar-refractivity contribution in [1.29, 1.82) is 0 Å². The van der Waals surface area contributed by atoms with Crippen molar-refractivity contribution in [2.24, 2.45) is 0 Å². The Morgan fingerprint density at radius 1 is 1.53 bits per heavy atom. The molecule has 0 unspecified atom stereocenters. The number of nitrogen functional groups attached to an aromatic ring is 1. The third-order valence-electron chi connectivity index (χ3n) is 1.67. The lowest BCUT2D eigenvalue weighted by Gasteiger charge is -2.11. The van der Waals surface area contributed by atoms with Crippen LogP contribution in [0.5, 0.6) is 5.75 Å². The molecular weight excluding hydrogens is 228 g/mol. The van der Waals surface area contributed by atoms with E-state index in [4.69, 9.17) is 17.3 Å². The van der Waals surface area contributed by atoms with Gasteiger partial charge in [0.2, 0.25) is 0 Å². The summed E-state index contributed by atoms with van der Waals surface area (Å²) in [4.78, 5) is 11.1. The molecule has 15 heavy (non-hydrogen) atoms. The van der Waals surface area contributed by atoms with Crippen LogP contribution in [0.4, 0.5) is 14.5 Å². The van der Waals surface area contributed by atoms with E-state index in [9.17, 15) is 13.6 Å². The predicted molar refractivity (Wildman–Crippen MR) is 52.5 cm³/mol. The summed E-state index contributed by atoms with van der Waals surface area (Å²) in [5.74, 6) is -0.762. The lowest BCUT2D eigenvalue weighted by Crippen LogP contribution is -2.08. The molecule has 6 heteroatoms. The van der Waals surface area contributed by atoms with Crippen LogP contribution < -0.4 is 10.5 Å². The van der Waals surface area contributed by atoms with Crippen LogP contribution in [0.25, 0.3) is 0 Å². The lowest BCUT2D eigenvalue weighted by molar-refractivity contribution is -0.0500. The van der Waals surface area contributed by atoms with Gasteiger partial charge in [0.1, 0.15) is 5.75 Å². The largest absolute Gasteiger partial charge is 0.434 e. The molecule has 0 aliphatic rings. The maximum Gasteiger partial charge on any atom is 0.387 e. The van der Waals surface area contributed by atoms with Gasteiger partial charge in [-0.1, -0.05) is 11.6 Å². The Morgan fingerprint density at radius 3 is 2.60 bits per heavy atom. The van der Waals surface area contributed by atoms with Crippen molar-refractivity contribution in [2.75, 3.05) is 5.73 Å². The molecule has 2 N–H and O–H groups in total. The molecule has 0 spiro atoms. The van der Waals surface area contributed by atoms with Crippen LogP contribution in [0.1, 0.15) is 17.3 Å². The van der Waals surface area contributed by atoms with Crippen LogP contribution in [-0.4, -0.2) is 12.4 Å². The Hall–Kier alpha value is -1.36. The number of Topliss-reactive ketones (excluding diaryl/α,β-unsaturated/α-hetero) is 1. The maximum absolute atomic E-state index is 12.0. The van der Waals surface area contributed by atoms with Gasteiger partial charge in [0.05, 0.1) is 5.56 Å². The van der Waals surface area contributed by atoms with Crippen LogP contribution in [0, 0.1) is 0 Å². The molecule has 82 valence electrons. The van der Waals surface area contributed by atoms with Crippen LogP contribution >= 0.6 is 11.6 Å². The van der Waals surface area contributed by atoms with Gasteiger partial charge in [-0.15, -0.1) is 0 Å². The van der Waals surface area contributed by atoms with Gasteiger partial charge in [-0.2, -0.15) is 8.78 Å². The molecule has 0 amide bonds. The molecule has 3 nitrogen and oxygen atoms in total. The number of hydrogen-bond donors (Lipinski definition) is 1. The Kier molecular flexibility index (Phi) is 3.47. The number of rotatable bonds is 3. The highest BCUT2D eigenvalue weighted by atomic mass is 35.5. The number of anilines is 1. The van der Waals surface area contributed by atoms with Crippen molar-refractivity contribution in [3.05, 3.63) is 22.7 Å². The molecule has 0 aliphatic heterocycles. The molecule has 0 bridgehead atoms. The fourth-order valence-electron chi connectivity index (χ4n) is 1.17. The first-order valence-corrected chi connectivity index (χ1v) is 4.34. The van der Waals surface area contributed by atoms with Crippen LogP contribution in [0.2, 0.25) is 5.02 Å². The molecule has 0 fully saturated rings. The number of alkyl halides is 2. The van der Waals surface area contributed by atoms with Crippen molar-refractivity contribution in [3.8, 4) is 5.75 Å². The van der Waals surface area contributed by atoms with E-state index in [0.717, 1.165) is 6.07 Å². The first-order valence-electron chi connectivity index (χ1n) is 3.96. The Labute approximate surface area is 89.8 Å². The summed E-state index contributed by atoms with van der Waals surface area (Å²) in [5, 5.41) is 0.133. The van der Waals surface area contributed by atoms with Crippen molar-refractivity contribution >= 4 is 23.1 Å². The van der Waals surface area contributed by atoms with Gasteiger partial charge < -0.3 is 10.5 Å². The average molecular weight is 236 g/mol. The molecule has 1 rings (SSSR count). The summed E-state index contributed by atoms with van der Waals surface area (Å²) in [6, 6.07) is 2.43. The minimum atomic E-state index is -3.03. The Balaban J connectivity index is 3.27. The van der Waals surface area contributed by atoms with Crippen LogP contribution in [0.15, 0.2) is 12.1 Å². The molecule has 0 heterocycles. The molecule has 0 saturated heterocycles. The molecule has 0 atom stereocenters. The minimum absolute atomic E-state index is 0.0191. The van der Waals surface area contributed by atoms with Crippen molar-refractivity contribution in [2.45, 2.75) is 13.5 Å². The summed E-state index contributed by atoms with van der Waals surface area (Å²) in [5.41, 5.74) is 5.40. The second-order valence-electron chi connectivity index (χ2n) is 2.80. The van der Waals surface area contributed by atoms with Gasteiger partial charge in [-0.25, -0.2) is 0 Å². The van der Waals surface area contributed by atoms with E-state index in [0.29, 0.717) is 0 Å². The van der Waals surface area contributed by atoms with Crippen LogP contribution in [-0.2, 0) is 0 Å². The lowest BCUT2D eigenvalue weighted by atomic mass is 10.1. The number of ether oxygens (including phenoxy) is 1. The van der Waals surface area contributed by atoms with E-state index in [-0.39, 0.29) is 22.0 Å². The second kappa shape index (κ2) is 4.44. The van der Waals surface area contributed by atoms with Crippen molar-refractivity contribution < 1.29 is 18.3 Å². The summed E-state index contributed by atoms with van der Waals surface area (Å²) in [6.45, 7) is -1.82.